The van der Waals surface area contributed by atoms with Crippen molar-refractivity contribution < 1.29 is 17.9 Å². The highest BCUT2D eigenvalue weighted by Crippen LogP contribution is 2.59. The van der Waals surface area contributed by atoms with Crippen LogP contribution in [0.3, 0.4) is 0 Å². The van der Waals surface area contributed by atoms with Crippen LogP contribution >= 0.6 is 0 Å². The van der Waals surface area contributed by atoms with Gasteiger partial charge in [0.2, 0.25) is 15.9 Å². The van der Waals surface area contributed by atoms with Crippen LogP contribution in [-0.4, -0.2) is 35.5 Å². The minimum absolute atomic E-state index is 0.0377. The molecule has 1 saturated carbocycles. The second-order valence-electron chi connectivity index (χ2n) is 10.5. The largest absolute Gasteiger partial charge is 0.471 e. The van der Waals surface area contributed by atoms with Gasteiger partial charge in [0.1, 0.15) is 5.76 Å². The lowest BCUT2D eigenvalue weighted by atomic mass is 9.66. The standard InChI is InChI=1S/C26H40N2O4S/c1-4-5-6-7-14-23(29)28(33(30,31)19-20(2)3)24-17-26-15-10-8-12-21(26)18-27-16-11-9-13-22(27)25(26)32-24/h11,16,18,20,24H,4-10,12-15,17,19H2,1-3H3. The van der Waals surface area contributed by atoms with E-state index in [1.807, 2.05) is 13.8 Å². The number of allylic oxidation sites excluding steroid dienone is 3. The van der Waals surface area contributed by atoms with Crippen LogP contribution in [0.15, 0.2) is 35.5 Å². The highest BCUT2D eigenvalue weighted by Gasteiger charge is 2.56. The summed E-state index contributed by atoms with van der Waals surface area (Å²) in [5, 5.41) is 0. The van der Waals surface area contributed by atoms with E-state index in [2.05, 4.69) is 30.3 Å². The molecule has 2 fully saturated rings. The van der Waals surface area contributed by atoms with Crippen molar-refractivity contribution in [3.63, 3.8) is 0 Å². The fourth-order valence-electron chi connectivity index (χ4n) is 5.94. The second-order valence-corrected chi connectivity index (χ2v) is 12.4. The van der Waals surface area contributed by atoms with E-state index in [0.717, 1.165) is 80.0 Å². The lowest BCUT2D eigenvalue weighted by molar-refractivity contribution is -0.132. The first-order valence-corrected chi connectivity index (χ1v) is 14.5. The van der Waals surface area contributed by atoms with E-state index in [1.165, 1.54) is 5.57 Å². The summed E-state index contributed by atoms with van der Waals surface area (Å²) in [6.07, 6.45) is 16.4. The Labute approximate surface area is 199 Å². The first kappa shape index (κ1) is 24.4. The number of hydrogen-bond acceptors (Lipinski definition) is 5. The van der Waals surface area contributed by atoms with Crippen molar-refractivity contribution in [2.75, 3.05) is 5.75 Å². The van der Waals surface area contributed by atoms with Crippen LogP contribution in [0.2, 0.25) is 0 Å². The van der Waals surface area contributed by atoms with Gasteiger partial charge >= 0.3 is 0 Å². The molecule has 2 atom stereocenters. The Morgan fingerprint density at radius 1 is 1.24 bits per heavy atom. The second kappa shape index (κ2) is 9.85. The Kier molecular flexibility index (Phi) is 7.27. The summed E-state index contributed by atoms with van der Waals surface area (Å²) in [6, 6.07) is 0. The first-order valence-electron chi connectivity index (χ1n) is 12.9. The van der Waals surface area contributed by atoms with Crippen molar-refractivity contribution in [3.05, 3.63) is 35.5 Å². The SMILES string of the molecule is CCCCCCC(=O)N(C1CC23CCCCC2=CN2C=CCCC2=C3O1)S(=O)(=O)CC(C)C. The van der Waals surface area contributed by atoms with Crippen molar-refractivity contribution >= 4 is 15.9 Å². The third-order valence-corrected chi connectivity index (χ3v) is 9.53. The first-order chi connectivity index (χ1) is 15.8. The Balaban J connectivity index is 1.68. The fourth-order valence-corrected chi connectivity index (χ4v) is 7.82. The maximum Gasteiger partial charge on any atom is 0.240 e. The van der Waals surface area contributed by atoms with Gasteiger partial charge < -0.3 is 9.64 Å². The molecular weight excluding hydrogens is 436 g/mol. The molecule has 1 aliphatic carbocycles. The number of carbonyl (C=O) groups excluding carboxylic acids is 1. The topological polar surface area (TPSA) is 66.9 Å². The van der Waals surface area contributed by atoms with Gasteiger partial charge in [0.15, 0.2) is 6.23 Å². The van der Waals surface area contributed by atoms with Crippen molar-refractivity contribution in [1.29, 1.82) is 0 Å². The van der Waals surface area contributed by atoms with Gasteiger partial charge in [-0.25, -0.2) is 12.7 Å². The molecular formula is C26H40N2O4S. The number of rotatable bonds is 9. The Bertz CT molecular complexity index is 949. The lowest BCUT2D eigenvalue weighted by Gasteiger charge is -2.42. The van der Waals surface area contributed by atoms with Crippen molar-refractivity contribution in [1.82, 2.24) is 9.21 Å². The molecule has 0 aromatic heterocycles. The highest BCUT2D eigenvalue weighted by molar-refractivity contribution is 7.89. The summed E-state index contributed by atoms with van der Waals surface area (Å²) >= 11 is 0. The van der Waals surface area contributed by atoms with Crippen LogP contribution in [0.4, 0.5) is 0 Å². The van der Waals surface area contributed by atoms with Gasteiger partial charge in [0, 0.05) is 25.2 Å². The van der Waals surface area contributed by atoms with Crippen LogP contribution in [0.1, 0.15) is 97.8 Å². The lowest BCUT2D eigenvalue weighted by Crippen LogP contribution is -2.46. The highest BCUT2D eigenvalue weighted by atomic mass is 32.2. The predicted octanol–water partition coefficient (Wildman–Crippen LogP) is 5.80. The third kappa shape index (κ3) is 4.75. The molecule has 0 bridgehead atoms. The number of hydrogen-bond donors (Lipinski definition) is 0. The minimum Gasteiger partial charge on any atom is -0.471 e. The van der Waals surface area contributed by atoms with E-state index in [0.29, 0.717) is 6.42 Å². The zero-order valence-corrected chi connectivity index (χ0v) is 21.3. The molecule has 4 rings (SSSR count). The molecule has 1 spiro atoms. The molecule has 3 aliphatic heterocycles. The number of carbonyl (C=O) groups is 1. The average molecular weight is 477 g/mol. The smallest absolute Gasteiger partial charge is 0.240 e. The van der Waals surface area contributed by atoms with Gasteiger partial charge in [0.05, 0.1) is 16.9 Å². The molecule has 2 unspecified atom stereocenters. The summed E-state index contributed by atoms with van der Waals surface area (Å²) in [4.78, 5) is 15.5. The number of sulfonamides is 1. The molecule has 4 aliphatic rings. The Hall–Kier alpha value is -1.76. The molecule has 7 heteroatoms. The number of fused-ring (bicyclic) bond motifs is 1. The van der Waals surface area contributed by atoms with Gasteiger partial charge in [-0.1, -0.05) is 52.5 Å². The molecule has 1 saturated heterocycles. The quantitative estimate of drug-likeness (QED) is 0.394. The molecule has 0 aromatic rings. The molecule has 184 valence electrons. The summed E-state index contributed by atoms with van der Waals surface area (Å²) in [5.74, 6) is 0.527. The maximum atomic E-state index is 13.5. The summed E-state index contributed by atoms with van der Waals surface area (Å²) < 4.78 is 34.7. The number of unbranched alkanes of at least 4 members (excludes halogenated alkanes) is 3. The van der Waals surface area contributed by atoms with Crippen LogP contribution in [0, 0.1) is 11.3 Å². The Morgan fingerprint density at radius 3 is 2.82 bits per heavy atom. The van der Waals surface area contributed by atoms with Crippen molar-refractivity contribution in [2.24, 2.45) is 11.3 Å². The molecule has 33 heavy (non-hydrogen) atoms. The molecule has 0 radical (unpaired) electrons. The van der Waals surface area contributed by atoms with E-state index >= 15 is 0 Å². The van der Waals surface area contributed by atoms with E-state index in [4.69, 9.17) is 4.74 Å². The normalized spacial score (nSPS) is 26.5. The van der Waals surface area contributed by atoms with Crippen LogP contribution in [0.25, 0.3) is 0 Å². The van der Waals surface area contributed by atoms with Crippen LogP contribution in [-0.2, 0) is 19.6 Å². The van der Waals surface area contributed by atoms with E-state index < -0.39 is 16.3 Å². The summed E-state index contributed by atoms with van der Waals surface area (Å²) in [7, 11) is -3.77. The molecule has 6 nitrogen and oxygen atoms in total. The Morgan fingerprint density at radius 2 is 2.06 bits per heavy atom. The third-order valence-electron chi connectivity index (χ3n) is 7.40. The summed E-state index contributed by atoms with van der Waals surface area (Å²) in [5.41, 5.74) is 2.22. The zero-order chi connectivity index (χ0) is 23.6. The van der Waals surface area contributed by atoms with Gasteiger partial charge in [-0.15, -0.1) is 0 Å². The van der Waals surface area contributed by atoms with Crippen LogP contribution in [0.5, 0.6) is 0 Å². The van der Waals surface area contributed by atoms with Gasteiger partial charge in [0.25, 0.3) is 0 Å². The predicted molar refractivity (Wildman–Crippen MR) is 130 cm³/mol. The maximum absolute atomic E-state index is 13.5. The van der Waals surface area contributed by atoms with E-state index in [9.17, 15) is 13.2 Å². The van der Waals surface area contributed by atoms with Crippen LogP contribution < -0.4 is 0 Å². The summed E-state index contributed by atoms with van der Waals surface area (Å²) in [6.45, 7) is 5.89. The average Bonchev–Trinajstić information content (AvgIpc) is 3.13. The number of amides is 1. The molecule has 1 amide bonds. The van der Waals surface area contributed by atoms with Crippen molar-refractivity contribution in [3.8, 4) is 0 Å². The van der Waals surface area contributed by atoms with Gasteiger partial charge in [-0.2, -0.15) is 0 Å². The van der Waals surface area contributed by atoms with Gasteiger partial charge in [-0.3, -0.25) is 4.79 Å². The minimum atomic E-state index is -3.77. The zero-order valence-electron chi connectivity index (χ0n) is 20.5. The fraction of sp³-hybridized carbons (Fsp3) is 0.731. The van der Waals surface area contributed by atoms with E-state index in [-0.39, 0.29) is 29.4 Å². The molecule has 3 heterocycles. The number of nitrogens with zero attached hydrogens (tertiary/aromatic N) is 2. The molecule has 0 aromatic carbocycles. The van der Waals surface area contributed by atoms with Crippen molar-refractivity contribution in [2.45, 2.75) is 104 Å². The van der Waals surface area contributed by atoms with E-state index in [1.54, 1.807) is 0 Å². The number of ether oxygens (including phenoxy) is 1. The molecule has 0 N–H and O–H groups in total. The monoisotopic (exact) mass is 476 g/mol. The van der Waals surface area contributed by atoms with Gasteiger partial charge in [-0.05, 0) is 50.0 Å².